The Morgan fingerprint density at radius 3 is 1.49 bits per heavy atom. The van der Waals surface area contributed by atoms with Crippen LogP contribution in [0.25, 0.3) is 10.9 Å². The van der Waals surface area contributed by atoms with Crippen LogP contribution in [-0.2, 0) is 64.0 Å². The van der Waals surface area contributed by atoms with Crippen LogP contribution in [0.5, 0.6) is 0 Å². The number of carboxylic acids is 1. The molecule has 79 heavy (non-hydrogen) atoms. The Morgan fingerprint density at radius 1 is 0.532 bits per heavy atom. The third-order valence-electron chi connectivity index (χ3n) is 12.3. The molecular formula is C52H83N13O14. The molecule has 0 aliphatic carbocycles. The zero-order valence-electron chi connectivity index (χ0n) is 46.3. The van der Waals surface area contributed by atoms with Crippen molar-refractivity contribution in [3.8, 4) is 0 Å². The van der Waals surface area contributed by atoms with Gasteiger partial charge in [-0.3, -0.25) is 57.5 Å². The highest BCUT2D eigenvalue weighted by Gasteiger charge is 2.36. The summed E-state index contributed by atoms with van der Waals surface area (Å²) in [4.78, 5) is 162. The lowest BCUT2D eigenvalue weighted by Crippen LogP contribution is -2.61. The van der Waals surface area contributed by atoms with Gasteiger partial charge in [0.1, 0.15) is 54.4 Å². The van der Waals surface area contributed by atoms with E-state index in [0.29, 0.717) is 22.9 Å². The van der Waals surface area contributed by atoms with E-state index in [4.69, 9.17) is 17.2 Å². The number of aliphatic hydroxyl groups excluding tert-OH is 1. The third kappa shape index (κ3) is 24.3. The molecule has 9 atom stereocenters. The van der Waals surface area contributed by atoms with Crippen molar-refractivity contribution >= 4 is 81.9 Å². The lowest BCUT2D eigenvalue weighted by atomic mass is 10.00. The number of aromatic nitrogens is 1. The van der Waals surface area contributed by atoms with Crippen LogP contribution in [0, 0.1) is 17.8 Å². The van der Waals surface area contributed by atoms with Crippen molar-refractivity contribution in [1.29, 1.82) is 0 Å². The Hall–Kier alpha value is -7.68. The van der Waals surface area contributed by atoms with Crippen LogP contribution in [0.15, 0.2) is 30.5 Å². The van der Waals surface area contributed by atoms with Gasteiger partial charge >= 0.3 is 5.97 Å². The molecule has 0 saturated carbocycles. The number of carboxylic acid groups (broad SMARTS) is 1. The second kappa shape index (κ2) is 33.6. The summed E-state index contributed by atoms with van der Waals surface area (Å²) in [5.74, 6) is -11.7. The Labute approximate surface area is 459 Å². The number of carbonyl (C=O) groups is 12. The number of aliphatic hydroxyl groups is 1. The van der Waals surface area contributed by atoms with Crippen molar-refractivity contribution in [2.24, 2.45) is 35.0 Å². The number of carbonyl (C=O) groups excluding carboxylic acids is 11. The van der Waals surface area contributed by atoms with E-state index < -0.39 is 138 Å². The first-order valence-electron chi connectivity index (χ1n) is 26.4. The molecule has 0 radical (unpaired) electrons. The molecule has 27 nitrogen and oxygen atoms in total. The second-order valence-electron chi connectivity index (χ2n) is 20.8. The summed E-state index contributed by atoms with van der Waals surface area (Å²) < 4.78 is 0. The molecule has 440 valence electrons. The van der Waals surface area contributed by atoms with Gasteiger partial charge in [0, 0.05) is 36.9 Å². The fraction of sp³-hybridized carbons (Fsp3) is 0.615. The van der Waals surface area contributed by atoms with Gasteiger partial charge in [0.05, 0.1) is 13.0 Å². The van der Waals surface area contributed by atoms with E-state index >= 15 is 0 Å². The zero-order chi connectivity index (χ0) is 59.7. The van der Waals surface area contributed by atoms with Crippen LogP contribution in [-0.4, -0.2) is 154 Å². The molecular weight excluding hydrogens is 1030 g/mol. The number of unbranched alkanes of at least 4 members (excludes halogenated alkanes) is 1. The van der Waals surface area contributed by atoms with Gasteiger partial charge in [-0.15, -0.1) is 0 Å². The summed E-state index contributed by atoms with van der Waals surface area (Å²) in [6, 6.07) is -5.81. The Kier molecular flexibility index (Phi) is 28.7. The molecule has 0 unspecified atom stereocenters. The number of aromatic amines is 1. The minimum Gasteiger partial charge on any atom is -0.481 e. The van der Waals surface area contributed by atoms with Crippen LogP contribution >= 0.6 is 0 Å². The number of nitrogens with two attached hydrogens (primary N) is 3. The first-order valence-corrected chi connectivity index (χ1v) is 26.4. The highest BCUT2D eigenvalue weighted by Crippen LogP contribution is 2.20. The molecule has 0 spiro atoms. The number of benzene rings is 1. The van der Waals surface area contributed by atoms with E-state index in [0.717, 1.165) is 0 Å². The highest BCUT2D eigenvalue weighted by molar-refractivity contribution is 5.99. The Balaban J connectivity index is 2.48. The van der Waals surface area contributed by atoms with E-state index in [2.05, 4.69) is 52.8 Å². The molecule has 1 aromatic carbocycles. The van der Waals surface area contributed by atoms with Crippen molar-refractivity contribution < 1.29 is 67.7 Å². The van der Waals surface area contributed by atoms with Crippen LogP contribution in [0.1, 0.15) is 119 Å². The zero-order valence-corrected chi connectivity index (χ0v) is 46.3. The van der Waals surface area contributed by atoms with Gasteiger partial charge in [-0.1, -0.05) is 59.7 Å². The normalized spacial score (nSPS) is 14.7. The number of fused-ring (bicyclic) bond motifs is 1. The van der Waals surface area contributed by atoms with Crippen molar-refractivity contribution in [3.63, 3.8) is 0 Å². The topological polar surface area (TPSA) is 447 Å². The van der Waals surface area contributed by atoms with Gasteiger partial charge in [-0.25, -0.2) is 0 Å². The maximum Gasteiger partial charge on any atom is 0.305 e. The predicted molar refractivity (Wildman–Crippen MR) is 289 cm³/mol. The molecule has 2 aromatic rings. The molecule has 0 aliphatic heterocycles. The van der Waals surface area contributed by atoms with E-state index in [9.17, 15) is 67.7 Å². The average Bonchev–Trinajstić information content (AvgIpc) is 3.78. The lowest BCUT2D eigenvalue weighted by Gasteiger charge is -2.28. The van der Waals surface area contributed by atoms with Gasteiger partial charge in [0.15, 0.2) is 0 Å². The average molecular weight is 1110 g/mol. The highest BCUT2D eigenvalue weighted by atomic mass is 16.4. The molecule has 0 bridgehead atoms. The smallest absolute Gasteiger partial charge is 0.305 e. The Bertz CT molecular complexity index is 2450. The molecule has 11 amide bonds. The van der Waals surface area contributed by atoms with Crippen LogP contribution in [0.3, 0.4) is 0 Å². The molecule has 18 N–H and O–H groups in total. The fourth-order valence-electron chi connectivity index (χ4n) is 8.30. The van der Waals surface area contributed by atoms with Gasteiger partial charge in [0.25, 0.3) is 0 Å². The minimum absolute atomic E-state index is 0.0529. The summed E-state index contributed by atoms with van der Waals surface area (Å²) >= 11 is 0. The lowest BCUT2D eigenvalue weighted by molar-refractivity contribution is -0.141. The van der Waals surface area contributed by atoms with E-state index in [1.807, 2.05) is 13.8 Å². The number of rotatable bonds is 36. The number of hydrogen-bond acceptors (Lipinski definition) is 14. The maximum absolute atomic E-state index is 14.4. The molecule has 1 aromatic heterocycles. The van der Waals surface area contributed by atoms with Crippen LogP contribution in [0.4, 0.5) is 0 Å². The quantitative estimate of drug-likeness (QED) is 0.0316. The van der Waals surface area contributed by atoms with Crippen molar-refractivity contribution in [3.05, 3.63) is 36.0 Å². The third-order valence-corrected chi connectivity index (χ3v) is 12.3. The molecule has 0 fully saturated rings. The molecule has 0 aliphatic rings. The molecule has 2 rings (SSSR count). The van der Waals surface area contributed by atoms with Gasteiger partial charge in [0.2, 0.25) is 65.0 Å². The largest absolute Gasteiger partial charge is 0.481 e. The number of hydrogen-bond donors (Lipinski definition) is 15. The second-order valence-corrected chi connectivity index (χ2v) is 20.8. The number of H-pyrrole nitrogens is 1. The van der Waals surface area contributed by atoms with Crippen LogP contribution in [0.2, 0.25) is 0 Å². The van der Waals surface area contributed by atoms with Crippen molar-refractivity contribution in [2.45, 2.75) is 174 Å². The van der Waals surface area contributed by atoms with Gasteiger partial charge in [-0.05, 0) is 87.8 Å². The molecule has 1 heterocycles. The van der Waals surface area contributed by atoms with E-state index in [1.165, 1.54) is 13.8 Å². The minimum atomic E-state index is -1.87. The summed E-state index contributed by atoms with van der Waals surface area (Å²) in [5, 5.41) is 43.0. The fourth-order valence-corrected chi connectivity index (χ4v) is 8.30. The van der Waals surface area contributed by atoms with E-state index in [1.54, 1.807) is 58.2 Å². The SMILES string of the molecule is CC(=O)N[C@@H](CC(C)C)C(=O)N[C@@H](CCC(N)=O)C(=O)N[C@@H](CC(C)C)C(=O)N[C@@H](CC(=O)O)C(=O)N[C@@H](CCCCN)C(=O)N[C@@H](Cc1c[nH]c2ccccc12)C(=O)N[C@@H](C)C(=O)N[C@@H](CO)C(=O)N[C@@H](CC(C)C)C(N)=O. The monoisotopic (exact) mass is 1110 g/mol. The first kappa shape index (κ1) is 67.4. The van der Waals surface area contributed by atoms with Gasteiger partial charge < -0.3 is 80.2 Å². The maximum atomic E-state index is 14.4. The number of nitrogens with one attached hydrogen (secondary N) is 10. The summed E-state index contributed by atoms with van der Waals surface area (Å²) in [5.41, 5.74) is 17.8. The standard InChI is InChI=1S/C52H83N13O14/c1-26(2)19-36(44(55)71)61-52(79)41(25-66)65-45(72)29(7)57-48(75)39(22-31-24-56-33-14-10-9-13-32(31)33)63-46(73)34(15-11-12-18-53)59-51(78)40(23-43(69)70)64-50(77)38(21-28(5)6)62-47(74)35(16-17-42(54)68)60-49(76)37(20-27(3)4)58-30(8)67/h9-10,13-14,24,26-29,34-41,56,66H,11-12,15-23,25,53H2,1-8H3,(H2,54,68)(H2,55,71)(H,57,75)(H,58,67)(H,59,78)(H,60,76)(H,61,79)(H,62,74)(H,63,73)(H,64,77)(H,65,72)(H,69,70)/t29-,34-,35-,36-,37-,38-,39-,40-,41-/m0/s1. The van der Waals surface area contributed by atoms with Gasteiger partial charge in [-0.2, -0.15) is 0 Å². The predicted octanol–water partition coefficient (Wildman–Crippen LogP) is -2.40. The summed E-state index contributed by atoms with van der Waals surface area (Å²) in [6.07, 6.45) is 0.519. The number of para-hydroxylation sites is 1. The van der Waals surface area contributed by atoms with Crippen molar-refractivity contribution in [2.75, 3.05) is 13.2 Å². The van der Waals surface area contributed by atoms with E-state index in [-0.39, 0.29) is 75.7 Å². The summed E-state index contributed by atoms with van der Waals surface area (Å²) in [7, 11) is 0. The molecule has 27 heteroatoms. The number of aliphatic carboxylic acids is 1. The summed E-state index contributed by atoms with van der Waals surface area (Å²) in [6.45, 7) is 12.4. The molecule has 0 saturated heterocycles. The number of amides is 11. The number of primary amides is 2. The van der Waals surface area contributed by atoms with Crippen LogP contribution < -0.4 is 65.1 Å². The van der Waals surface area contributed by atoms with Crippen molar-refractivity contribution in [1.82, 2.24) is 52.8 Å². The first-order chi connectivity index (χ1) is 37.1. The Morgan fingerprint density at radius 2 is 0.975 bits per heavy atom.